The van der Waals surface area contributed by atoms with Crippen LogP contribution >= 0.6 is 11.3 Å². The highest BCUT2D eigenvalue weighted by Gasteiger charge is 2.38. The molecule has 0 aliphatic carbocycles. The molecule has 2 heterocycles. The van der Waals surface area contributed by atoms with Gasteiger partial charge in [-0.1, -0.05) is 17.4 Å². The third kappa shape index (κ3) is 3.60. The maximum atomic E-state index is 12.9. The van der Waals surface area contributed by atoms with Crippen LogP contribution in [-0.4, -0.2) is 35.2 Å². The van der Waals surface area contributed by atoms with E-state index < -0.39 is 17.2 Å². The summed E-state index contributed by atoms with van der Waals surface area (Å²) in [5.41, 5.74) is 5.44. The monoisotopic (exact) mass is 372 g/mol. The number of thiazole rings is 1. The molecule has 0 fully saturated rings. The van der Waals surface area contributed by atoms with Gasteiger partial charge in [-0.2, -0.15) is 0 Å². The van der Waals surface area contributed by atoms with Crippen LogP contribution in [-0.2, 0) is 15.1 Å². The molecule has 0 spiro atoms. The van der Waals surface area contributed by atoms with Crippen molar-refractivity contribution in [3.05, 3.63) is 35.9 Å². The molecule has 1 aromatic heterocycles. The summed E-state index contributed by atoms with van der Waals surface area (Å²) in [4.78, 5) is 33.3. The fraction of sp³-hybridized carbons (Fsp3) is 0.333. The van der Waals surface area contributed by atoms with E-state index >= 15 is 0 Å². The number of aromatic nitrogens is 1. The molecule has 3 rings (SSSR count). The number of nitrogen functional groups attached to an aromatic ring is 1. The smallest absolute Gasteiger partial charge is 0.408 e. The number of allylic oxidation sites excluding steroid dienone is 1. The van der Waals surface area contributed by atoms with Gasteiger partial charge in [-0.15, -0.1) is 0 Å². The van der Waals surface area contributed by atoms with E-state index in [1.165, 1.54) is 11.3 Å². The highest BCUT2D eigenvalue weighted by molar-refractivity contribution is 7.22. The van der Waals surface area contributed by atoms with E-state index in [9.17, 15) is 9.59 Å². The first kappa shape index (κ1) is 18.1. The third-order valence-electron chi connectivity index (χ3n) is 3.76. The van der Waals surface area contributed by atoms with E-state index in [0.717, 1.165) is 10.2 Å². The van der Waals surface area contributed by atoms with Crippen molar-refractivity contribution < 1.29 is 14.3 Å². The molecule has 1 atom stereocenters. The molecule has 0 radical (unpaired) electrons. The molecule has 1 aliphatic heterocycles. The van der Waals surface area contributed by atoms with Crippen molar-refractivity contribution in [2.45, 2.75) is 31.9 Å². The number of anilines is 1. The first-order valence-electron chi connectivity index (χ1n) is 8.09. The van der Waals surface area contributed by atoms with Crippen molar-refractivity contribution in [1.82, 2.24) is 10.3 Å². The number of Topliss-reactive ketones (excluding diaryl/α,β-unsaturated/α-hetero) is 1. The standard InChI is InChI=1S/C18H20N4O3S/c1-17(2,3)25-16(24)20-10-14(23)18(7-4-8-21-18)11-5-6-12-13(9-11)26-15(19)22-12/h4-9H,10H2,1-3H3,(H2,19,22)(H,20,24). The predicted molar refractivity (Wildman–Crippen MR) is 103 cm³/mol. The van der Waals surface area contributed by atoms with Crippen molar-refractivity contribution in [3.8, 4) is 0 Å². The second kappa shape index (κ2) is 6.53. The lowest BCUT2D eigenvalue weighted by atomic mass is 9.86. The van der Waals surface area contributed by atoms with Crippen LogP contribution in [0, 0.1) is 0 Å². The Hall–Kier alpha value is -2.74. The second-order valence-corrected chi connectivity index (χ2v) is 7.98. The quantitative estimate of drug-likeness (QED) is 0.858. The molecule has 0 saturated heterocycles. The van der Waals surface area contributed by atoms with Crippen LogP contribution in [0.1, 0.15) is 26.3 Å². The summed E-state index contributed by atoms with van der Waals surface area (Å²) >= 11 is 1.35. The molecule has 3 N–H and O–H groups in total. The van der Waals surface area contributed by atoms with Gasteiger partial charge >= 0.3 is 6.09 Å². The molecular weight excluding hydrogens is 352 g/mol. The zero-order valence-electron chi connectivity index (χ0n) is 14.8. The molecular formula is C18H20N4O3S. The molecule has 1 amide bonds. The summed E-state index contributed by atoms with van der Waals surface area (Å²) in [6.45, 7) is 5.08. The Labute approximate surface area is 155 Å². The number of carbonyl (C=O) groups excluding carboxylic acids is 2. The zero-order chi connectivity index (χ0) is 18.9. The molecule has 26 heavy (non-hydrogen) atoms. The van der Waals surface area contributed by atoms with E-state index in [4.69, 9.17) is 10.5 Å². The van der Waals surface area contributed by atoms with Crippen LogP contribution in [0.2, 0.25) is 0 Å². The van der Waals surface area contributed by atoms with Gasteiger partial charge in [-0.05, 0) is 50.6 Å². The van der Waals surface area contributed by atoms with Crippen LogP contribution in [0.3, 0.4) is 0 Å². The number of fused-ring (bicyclic) bond motifs is 1. The summed E-state index contributed by atoms with van der Waals surface area (Å²) in [6.07, 6.45) is 4.38. The fourth-order valence-corrected chi connectivity index (χ4v) is 3.44. The first-order valence-corrected chi connectivity index (χ1v) is 8.91. The number of nitrogens with one attached hydrogen (secondary N) is 1. The Balaban J connectivity index is 1.83. The predicted octanol–water partition coefficient (Wildman–Crippen LogP) is 2.81. The van der Waals surface area contributed by atoms with Gasteiger partial charge in [0.05, 0.1) is 16.8 Å². The van der Waals surface area contributed by atoms with Gasteiger partial charge in [-0.25, -0.2) is 9.78 Å². The van der Waals surface area contributed by atoms with Gasteiger partial charge in [0.1, 0.15) is 5.60 Å². The fourth-order valence-electron chi connectivity index (χ4n) is 2.66. The van der Waals surface area contributed by atoms with Crippen LogP contribution in [0.4, 0.5) is 9.93 Å². The average Bonchev–Trinajstić information content (AvgIpc) is 3.16. The second-order valence-electron chi connectivity index (χ2n) is 6.92. The van der Waals surface area contributed by atoms with Crippen molar-refractivity contribution in [1.29, 1.82) is 0 Å². The summed E-state index contributed by atoms with van der Waals surface area (Å²) in [5.74, 6) is -0.259. The van der Waals surface area contributed by atoms with Crippen molar-refractivity contribution in [2.75, 3.05) is 12.3 Å². The maximum absolute atomic E-state index is 12.9. The molecule has 1 unspecified atom stereocenters. The highest BCUT2D eigenvalue weighted by Crippen LogP contribution is 2.35. The molecule has 7 nitrogen and oxygen atoms in total. The zero-order valence-corrected chi connectivity index (χ0v) is 15.6. The Morgan fingerprint density at radius 3 is 2.77 bits per heavy atom. The Kier molecular flexibility index (Phi) is 4.53. The topological polar surface area (TPSA) is 107 Å². The number of amides is 1. The summed E-state index contributed by atoms with van der Waals surface area (Å²) in [5, 5.41) is 2.97. The Morgan fingerprint density at radius 1 is 1.35 bits per heavy atom. The lowest BCUT2D eigenvalue weighted by molar-refractivity contribution is -0.121. The number of rotatable bonds is 4. The lowest BCUT2D eigenvalue weighted by Gasteiger charge is -2.24. The van der Waals surface area contributed by atoms with Gasteiger partial charge < -0.3 is 15.8 Å². The number of nitrogens with zero attached hydrogens (tertiary/aromatic N) is 2. The highest BCUT2D eigenvalue weighted by atomic mass is 32.1. The molecule has 2 aromatic rings. The average molecular weight is 372 g/mol. The Morgan fingerprint density at radius 2 is 2.12 bits per heavy atom. The minimum Gasteiger partial charge on any atom is -0.444 e. The SMILES string of the molecule is CC(C)(C)OC(=O)NCC(=O)C1(c2ccc3nc(N)sc3c2)C=CC=N1. The molecule has 0 saturated carbocycles. The molecule has 1 aromatic carbocycles. The molecule has 8 heteroatoms. The van der Waals surface area contributed by atoms with Crippen molar-refractivity contribution in [3.63, 3.8) is 0 Å². The van der Waals surface area contributed by atoms with Crippen LogP contribution in [0.15, 0.2) is 35.3 Å². The normalized spacial score (nSPS) is 19.0. The molecule has 0 bridgehead atoms. The number of carbonyl (C=O) groups is 2. The van der Waals surface area contributed by atoms with Crippen molar-refractivity contribution in [2.24, 2.45) is 4.99 Å². The first-order chi connectivity index (χ1) is 12.2. The van der Waals surface area contributed by atoms with Crippen LogP contribution < -0.4 is 11.1 Å². The molecule has 136 valence electrons. The maximum Gasteiger partial charge on any atom is 0.408 e. The number of aliphatic imine (C=N–C) groups is 1. The van der Waals surface area contributed by atoms with E-state index in [1.54, 1.807) is 45.2 Å². The number of nitrogens with two attached hydrogens (primary N) is 1. The van der Waals surface area contributed by atoms with Crippen LogP contribution in [0.25, 0.3) is 10.2 Å². The minimum absolute atomic E-state index is 0.195. The van der Waals surface area contributed by atoms with E-state index in [-0.39, 0.29) is 12.3 Å². The third-order valence-corrected chi connectivity index (χ3v) is 4.61. The van der Waals surface area contributed by atoms with E-state index in [1.807, 2.05) is 12.1 Å². The number of hydrogen-bond donors (Lipinski definition) is 2. The van der Waals surface area contributed by atoms with Gasteiger partial charge in [0.15, 0.2) is 16.5 Å². The van der Waals surface area contributed by atoms with Gasteiger partial charge in [0.2, 0.25) is 0 Å². The minimum atomic E-state index is -1.16. The van der Waals surface area contributed by atoms with Gasteiger partial charge in [0, 0.05) is 6.21 Å². The largest absolute Gasteiger partial charge is 0.444 e. The van der Waals surface area contributed by atoms with Crippen molar-refractivity contribution >= 4 is 44.8 Å². The Bertz CT molecular complexity index is 912. The summed E-state index contributed by atoms with van der Waals surface area (Å²) < 4.78 is 6.05. The lowest BCUT2D eigenvalue weighted by Crippen LogP contribution is -2.42. The number of hydrogen-bond acceptors (Lipinski definition) is 7. The summed E-state index contributed by atoms with van der Waals surface area (Å²) in [6, 6.07) is 5.48. The van der Waals surface area contributed by atoms with Gasteiger partial charge in [0.25, 0.3) is 0 Å². The summed E-state index contributed by atoms with van der Waals surface area (Å²) in [7, 11) is 0. The van der Waals surface area contributed by atoms with Gasteiger partial charge in [-0.3, -0.25) is 9.79 Å². The number of alkyl carbamates (subject to hydrolysis) is 1. The number of benzene rings is 1. The number of ether oxygens (including phenoxy) is 1. The molecule has 1 aliphatic rings. The van der Waals surface area contributed by atoms with E-state index in [0.29, 0.717) is 10.7 Å². The number of ketones is 1. The van der Waals surface area contributed by atoms with E-state index in [2.05, 4.69) is 15.3 Å². The van der Waals surface area contributed by atoms with Crippen LogP contribution in [0.5, 0.6) is 0 Å².